The van der Waals surface area contributed by atoms with Crippen molar-refractivity contribution in [2.75, 3.05) is 13.7 Å². The van der Waals surface area contributed by atoms with Crippen LogP contribution in [0.3, 0.4) is 0 Å². The molecule has 96 valence electrons. The number of benzene rings is 1. The SMILES string of the molecule is COc1ccc(CNCCCC(C)C)c(F)c1. The second kappa shape index (κ2) is 7.28. The zero-order valence-electron chi connectivity index (χ0n) is 10.9. The Morgan fingerprint density at radius 2 is 2.12 bits per heavy atom. The third-order valence-electron chi connectivity index (χ3n) is 2.71. The first-order valence-electron chi connectivity index (χ1n) is 6.16. The molecule has 0 bridgehead atoms. The maximum absolute atomic E-state index is 13.6. The van der Waals surface area contributed by atoms with Gasteiger partial charge in [0.25, 0.3) is 0 Å². The molecule has 0 radical (unpaired) electrons. The summed E-state index contributed by atoms with van der Waals surface area (Å²) in [6, 6.07) is 4.98. The summed E-state index contributed by atoms with van der Waals surface area (Å²) < 4.78 is 18.5. The topological polar surface area (TPSA) is 21.3 Å². The van der Waals surface area contributed by atoms with E-state index in [1.54, 1.807) is 19.2 Å². The molecule has 0 fully saturated rings. The van der Waals surface area contributed by atoms with E-state index in [2.05, 4.69) is 19.2 Å². The van der Waals surface area contributed by atoms with E-state index in [1.165, 1.54) is 12.5 Å². The van der Waals surface area contributed by atoms with Crippen LogP contribution in [0.5, 0.6) is 5.75 Å². The Morgan fingerprint density at radius 1 is 1.35 bits per heavy atom. The van der Waals surface area contributed by atoms with Gasteiger partial charge in [-0.1, -0.05) is 19.9 Å². The van der Waals surface area contributed by atoms with Crippen LogP contribution in [0.25, 0.3) is 0 Å². The minimum atomic E-state index is -0.208. The van der Waals surface area contributed by atoms with Crippen LogP contribution in [0.4, 0.5) is 4.39 Å². The number of hydrogen-bond donors (Lipinski definition) is 1. The molecule has 2 nitrogen and oxygen atoms in total. The van der Waals surface area contributed by atoms with E-state index in [4.69, 9.17) is 4.74 Å². The molecule has 0 aliphatic carbocycles. The van der Waals surface area contributed by atoms with Crippen molar-refractivity contribution in [1.29, 1.82) is 0 Å². The van der Waals surface area contributed by atoms with E-state index in [9.17, 15) is 4.39 Å². The van der Waals surface area contributed by atoms with Crippen LogP contribution >= 0.6 is 0 Å². The molecule has 0 atom stereocenters. The molecule has 1 aromatic rings. The van der Waals surface area contributed by atoms with Gasteiger partial charge in [-0.05, 0) is 31.4 Å². The van der Waals surface area contributed by atoms with Gasteiger partial charge in [-0.25, -0.2) is 4.39 Å². The van der Waals surface area contributed by atoms with E-state index in [1.807, 2.05) is 0 Å². The molecular formula is C14H22FNO. The third-order valence-corrected chi connectivity index (χ3v) is 2.71. The van der Waals surface area contributed by atoms with Gasteiger partial charge in [0.2, 0.25) is 0 Å². The van der Waals surface area contributed by atoms with Crippen LogP contribution in [-0.2, 0) is 6.54 Å². The van der Waals surface area contributed by atoms with Gasteiger partial charge in [0, 0.05) is 18.2 Å². The first-order valence-corrected chi connectivity index (χ1v) is 6.16. The zero-order valence-corrected chi connectivity index (χ0v) is 10.9. The lowest BCUT2D eigenvalue weighted by Crippen LogP contribution is -2.16. The molecule has 1 N–H and O–H groups in total. The summed E-state index contributed by atoms with van der Waals surface area (Å²) in [6.45, 7) is 5.93. The Morgan fingerprint density at radius 3 is 2.71 bits per heavy atom. The molecule has 0 heterocycles. The Hall–Kier alpha value is -1.09. The first-order chi connectivity index (χ1) is 8.13. The zero-order chi connectivity index (χ0) is 12.7. The molecule has 1 aromatic carbocycles. The van der Waals surface area contributed by atoms with Crippen molar-refractivity contribution in [3.05, 3.63) is 29.6 Å². The minimum absolute atomic E-state index is 0.208. The molecule has 1 rings (SSSR count). The molecule has 3 heteroatoms. The summed E-state index contributed by atoms with van der Waals surface area (Å²) in [5.41, 5.74) is 0.690. The van der Waals surface area contributed by atoms with Crippen LogP contribution in [0.1, 0.15) is 32.3 Å². The Balaban J connectivity index is 2.32. The van der Waals surface area contributed by atoms with Crippen LogP contribution in [0.2, 0.25) is 0 Å². The number of methoxy groups -OCH3 is 1. The molecule has 0 aromatic heterocycles. The number of nitrogens with one attached hydrogen (secondary N) is 1. The first kappa shape index (κ1) is 14.0. The van der Waals surface area contributed by atoms with E-state index in [0.717, 1.165) is 18.9 Å². The van der Waals surface area contributed by atoms with Gasteiger partial charge < -0.3 is 10.1 Å². The Bertz CT molecular complexity index is 339. The second-order valence-electron chi connectivity index (χ2n) is 4.67. The summed E-state index contributed by atoms with van der Waals surface area (Å²) in [5.74, 6) is 1.08. The van der Waals surface area contributed by atoms with E-state index < -0.39 is 0 Å². The Labute approximate surface area is 103 Å². The lowest BCUT2D eigenvalue weighted by Gasteiger charge is -2.08. The van der Waals surface area contributed by atoms with E-state index >= 15 is 0 Å². The molecule has 0 aliphatic heterocycles. The quantitative estimate of drug-likeness (QED) is 0.737. The van der Waals surface area contributed by atoms with Gasteiger partial charge >= 0.3 is 0 Å². The fraction of sp³-hybridized carbons (Fsp3) is 0.571. The number of ether oxygens (including phenoxy) is 1. The number of hydrogen-bond acceptors (Lipinski definition) is 2. The summed E-state index contributed by atoms with van der Waals surface area (Å²) in [7, 11) is 1.54. The van der Waals surface area contributed by atoms with Gasteiger partial charge in [0.1, 0.15) is 11.6 Å². The lowest BCUT2D eigenvalue weighted by atomic mass is 10.1. The maximum atomic E-state index is 13.6. The van der Waals surface area contributed by atoms with Crippen molar-refractivity contribution < 1.29 is 9.13 Å². The number of halogens is 1. The van der Waals surface area contributed by atoms with Crippen molar-refractivity contribution in [2.45, 2.75) is 33.2 Å². The molecule has 0 amide bonds. The highest BCUT2D eigenvalue weighted by Gasteiger charge is 2.03. The molecule has 17 heavy (non-hydrogen) atoms. The minimum Gasteiger partial charge on any atom is -0.497 e. The van der Waals surface area contributed by atoms with Crippen molar-refractivity contribution in [3.8, 4) is 5.75 Å². The molecule has 0 spiro atoms. The van der Waals surface area contributed by atoms with E-state index in [-0.39, 0.29) is 5.82 Å². The summed E-state index contributed by atoms with van der Waals surface area (Å²) >= 11 is 0. The fourth-order valence-corrected chi connectivity index (χ4v) is 1.66. The predicted molar refractivity (Wildman–Crippen MR) is 68.7 cm³/mol. The van der Waals surface area contributed by atoms with Crippen molar-refractivity contribution in [1.82, 2.24) is 5.32 Å². The van der Waals surface area contributed by atoms with Crippen LogP contribution in [-0.4, -0.2) is 13.7 Å². The second-order valence-corrected chi connectivity index (χ2v) is 4.67. The largest absolute Gasteiger partial charge is 0.497 e. The highest BCUT2D eigenvalue weighted by Crippen LogP contribution is 2.15. The van der Waals surface area contributed by atoms with Crippen LogP contribution in [0.15, 0.2) is 18.2 Å². The van der Waals surface area contributed by atoms with Gasteiger partial charge in [-0.15, -0.1) is 0 Å². The highest BCUT2D eigenvalue weighted by atomic mass is 19.1. The van der Waals surface area contributed by atoms with Gasteiger partial charge in [0.05, 0.1) is 7.11 Å². The summed E-state index contributed by atoms with van der Waals surface area (Å²) in [4.78, 5) is 0. The average Bonchev–Trinajstić information content (AvgIpc) is 2.30. The van der Waals surface area contributed by atoms with Crippen LogP contribution < -0.4 is 10.1 Å². The molecule has 0 aliphatic rings. The van der Waals surface area contributed by atoms with Gasteiger partial charge in [-0.2, -0.15) is 0 Å². The smallest absolute Gasteiger partial charge is 0.131 e. The summed E-state index contributed by atoms with van der Waals surface area (Å²) in [6.07, 6.45) is 2.34. The predicted octanol–water partition coefficient (Wildman–Crippen LogP) is 3.36. The monoisotopic (exact) mass is 239 g/mol. The maximum Gasteiger partial charge on any atom is 0.131 e. The standard InChI is InChI=1S/C14H22FNO/c1-11(2)5-4-8-16-10-12-6-7-13(17-3)9-14(12)15/h6-7,9,11,16H,4-5,8,10H2,1-3H3. The lowest BCUT2D eigenvalue weighted by molar-refractivity contribution is 0.410. The average molecular weight is 239 g/mol. The summed E-state index contributed by atoms with van der Waals surface area (Å²) in [5, 5.41) is 3.25. The third kappa shape index (κ3) is 5.18. The van der Waals surface area contributed by atoms with Crippen LogP contribution in [0, 0.1) is 11.7 Å². The van der Waals surface area contributed by atoms with Crippen molar-refractivity contribution in [2.24, 2.45) is 5.92 Å². The fourth-order valence-electron chi connectivity index (χ4n) is 1.66. The normalized spacial score (nSPS) is 10.9. The van der Waals surface area contributed by atoms with Gasteiger partial charge in [-0.3, -0.25) is 0 Å². The Kier molecular flexibility index (Phi) is 5.98. The molecule has 0 saturated heterocycles. The van der Waals surface area contributed by atoms with Gasteiger partial charge in [0.15, 0.2) is 0 Å². The van der Waals surface area contributed by atoms with Crippen molar-refractivity contribution >= 4 is 0 Å². The molecule has 0 saturated carbocycles. The molecule has 0 unspecified atom stereocenters. The van der Waals surface area contributed by atoms with Crippen molar-refractivity contribution in [3.63, 3.8) is 0 Å². The number of rotatable bonds is 7. The molecular weight excluding hydrogens is 217 g/mol. The van der Waals surface area contributed by atoms with E-state index in [0.29, 0.717) is 17.9 Å². The highest BCUT2D eigenvalue weighted by molar-refractivity contribution is 5.28.